The molecule has 3 atom stereocenters. The summed E-state index contributed by atoms with van der Waals surface area (Å²) in [6, 6.07) is 0. The quantitative estimate of drug-likeness (QED) is 0.0197. The molecule has 0 aliphatic heterocycles. The molecule has 0 aromatic rings. The lowest BCUT2D eigenvalue weighted by Crippen LogP contribution is -2.30. The largest absolute Gasteiger partial charge is 0.472 e. The van der Waals surface area contributed by atoms with E-state index in [9.17, 15) is 28.9 Å². The Morgan fingerprint density at radius 2 is 0.724 bits per heavy atom. The molecule has 434 valence electrons. The lowest BCUT2D eigenvalue weighted by Gasteiger charge is -2.21. The average molecular weight is 1080 g/mol. The van der Waals surface area contributed by atoms with E-state index in [4.69, 9.17) is 23.3 Å². The second-order valence-corrected chi connectivity index (χ2v) is 20.9. The Bertz CT molecular complexity index is 1690. The number of ether oxygens (including phenoxy) is 3. The van der Waals surface area contributed by atoms with E-state index >= 15 is 0 Å². The molecule has 0 spiro atoms. The van der Waals surface area contributed by atoms with Crippen LogP contribution in [0.15, 0.2) is 109 Å². The molecule has 11 nitrogen and oxygen atoms in total. The van der Waals surface area contributed by atoms with Gasteiger partial charge >= 0.3 is 25.7 Å². The predicted octanol–water partition coefficient (Wildman–Crippen LogP) is 17.8. The molecule has 12 heteroatoms. The zero-order valence-electron chi connectivity index (χ0n) is 47.9. The topological polar surface area (TPSA) is 155 Å². The van der Waals surface area contributed by atoms with Crippen molar-refractivity contribution >= 4 is 25.7 Å². The van der Waals surface area contributed by atoms with Crippen LogP contribution in [0.1, 0.15) is 239 Å². The van der Waals surface area contributed by atoms with Crippen molar-refractivity contribution in [3.63, 3.8) is 0 Å². The van der Waals surface area contributed by atoms with Crippen molar-refractivity contribution in [2.45, 2.75) is 251 Å². The molecule has 0 saturated heterocycles. The monoisotopic (exact) mass is 1080 g/mol. The summed E-state index contributed by atoms with van der Waals surface area (Å²) < 4.78 is 39.4. The molecule has 0 aromatic heterocycles. The van der Waals surface area contributed by atoms with Gasteiger partial charge in [0.2, 0.25) is 0 Å². The van der Waals surface area contributed by atoms with Gasteiger partial charge in [0.1, 0.15) is 12.7 Å². The second kappa shape index (κ2) is 57.3. The molecule has 3 unspecified atom stereocenters. The van der Waals surface area contributed by atoms with Crippen molar-refractivity contribution in [2.24, 2.45) is 0 Å². The van der Waals surface area contributed by atoms with Crippen LogP contribution in [0, 0.1) is 0 Å². The fraction of sp³-hybridized carbons (Fsp3) is 0.672. The van der Waals surface area contributed by atoms with Crippen LogP contribution < -0.4 is 0 Å². The van der Waals surface area contributed by atoms with Crippen LogP contribution in [0.2, 0.25) is 0 Å². The molecular formula is C64H107O11P. The number of rotatable bonds is 54. The summed E-state index contributed by atoms with van der Waals surface area (Å²) in [5, 5.41) is 9.81. The van der Waals surface area contributed by atoms with Crippen molar-refractivity contribution < 1.29 is 52.2 Å². The number of allylic oxidation sites excluding steroid dienone is 17. The molecule has 0 bridgehead atoms. The first-order chi connectivity index (χ1) is 37.2. The Morgan fingerprint density at radius 3 is 1.12 bits per heavy atom. The fourth-order valence-electron chi connectivity index (χ4n) is 7.77. The minimum Gasteiger partial charge on any atom is -0.461 e. The highest BCUT2D eigenvalue weighted by atomic mass is 31.2. The van der Waals surface area contributed by atoms with Crippen LogP contribution in [-0.4, -0.2) is 66.5 Å². The summed E-state index contributed by atoms with van der Waals surface area (Å²) in [6.45, 7) is 4.27. The highest BCUT2D eigenvalue weighted by Crippen LogP contribution is 2.43. The Hall–Kier alpha value is -3.86. The predicted molar refractivity (Wildman–Crippen MR) is 316 cm³/mol. The van der Waals surface area contributed by atoms with Crippen molar-refractivity contribution in [1.82, 2.24) is 0 Å². The molecular weight excluding hydrogens is 976 g/mol. The summed E-state index contributed by atoms with van der Waals surface area (Å²) in [6.07, 6.45) is 69.4. The van der Waals surface area contributed by atoms with E-state index in [1.54, 1.807) is 6.08 Å². The maximum Gasteiger partial charge on any atom is 0.472 e. The minimum absolute atomic E-state index is 0.0113. The van der Waals surface area contributed by atoms with E-state index in [1.165, 1.54) is 96.3 Å². The van der Waals surface area contributed by atoms with Crippen molar-refractivity contribution in [3.8, 4) is 0 Å². The maximum atomic E-state index is 12.9. The van der Waals surface area contributed by atoms with Gasteiger partial charge in [0.05, 0.1) is 26.2 Å². The van der Waals surface area contributed by atoms with Crippen LogP contribution in [-0.2, 0) is 42.2 Å². The molecule has 0 aromatic carbocycles. The van der Waals surface area contributed by atoms with E-state index in [0.717, 1.165) is 83.5 Å². The summed E-state index contributed by atoms with van der Waals surface area (Å²) >= 11 is 0. The van der Waals surface area contributed by atoms with Gasteiger partial charge in [-0.25, -0.2) is 4.57 Å². The Morgan fingerprint density at radius 1 is 0.395 bits per heavy atom. The van der Waals surface area contributed by atoms with Gasteiger partial charge in [-0.05, 0) is 83.5 Å². The summed E-state index contributed by atoms with van der Waals surface area (Å²) in [5.74, 6) is -1.66. The van der Waals surface area contributed by atoms with Crippen LogP contribution in [0.4, 0.5) is 0 Å². The lowest BCUT2D eigenvalue weighted by molar-refractivity contribution is -0.161. The zero-order valence-corrected chi connectivity index (χ0v) is 48.8. The molecule has 0 saturated carbocycles. The number of unbranched alkanes of at least 4 members (excludes halogenated alkanes) is 20. The number of hydrogen-bond acceptors (Lipinski definition) is 10. The van der Waals surface area contributed by atoms with Gasteiger partial charge in [-0.15, -0.1) is 0 Å². The SMILES string of the molecule is CC/C=C\C/C=C\C/C=C\C/C=C\C/C=C\CC(=O)OCC(COP(=O)(O)OCC(CO)OC(=O)CCCC/C=C\C/C=C\C/C=C\C/C=C\CC)OC(=O)CCCCCCCCCCCCCCCCCCCCC. The van der Waals surface area contributed by atoms with E-state index < -0.39 is 64.4 Å². The number of carbonyl (C=O) groups is 3. The molecule has 76 heavy (non-hydrogen) atoms. The van der Waals surface area contributed by atoms with Gasteiger partial charge in [0.15, 0.2) is 6.10 Å². The number of hydrogen-bond donors (Lipinski definition) is 2. The van der Waals surface area contributed by atoms with Crippen LogP contribution >= 0.6 is 7.82 Å². The first-order valence-corrected chi connectivity index (χ1v) is 31.3. The van der Waals surface area contributed by atoms with E-state index in [2.05, 4.69) is 112 Å². The summed E-state index contributed by atoms with van der Waals surface area (Å²) in [5.41, 5.74) is 0. The minimum atomic E-state index is -4.78. The van der Waals surface area contributed by atoms with E-state index in [-0.39, 0.29) is 19.3 Å². The highest BCUT2D eigenvalue weighted by Gasteiger charge is 2.28. The second-order valence-electron chi connectivity index (χ2n) is 19.4. The van der Waals surface area contributed by atoms with Gasteiger partial charge < -0.3 is 24.2 Å². The average Bonchev–Trinajstić information content (AvgIpc) is 3.41. The van der Waals surface area contributed by atoms with Crippen molar-refractivity contribution in [2.75, 3.05) is 26.4 Å². The fourth-order valence-corrected chi connectivity index (χ4v) is 8.56. The third-order valence-corrected chi connectivity index (χ3v) is 13.2. The van der Waals surface area contributed by atoms with Crippen molar-refractivity contribution in [3.05, 3.63) is 109 Å². The number of aliphatic hydroxyl groups is 1. The normalized spacial score (nSPS) is 14.1. The van der Waals surface area contributed by atoms with Crippen LogP contribution in [0.5, 0.6) is 0 Å². The van der Waals surface area contributed by atoms with Gasteiger partial charge in [-0.1, -0.05) is 246 Å². The number of carbonyl (C=O) groups excluding carboxylic acids is 3. The maximum absolute atomic E-state index is 12.9. The zero-order chi connectivity index (χ0) is 55.5. The molecule has 0 amide bonds. The Kier molecular flexibility index (Phi) is 54.4. The third-order valence-electron chi connectivity index (χ3n) is 12.2. The van der Waals surface area contributed by atoms with Crippen LogP contribution in [0.3, 0.4) is 0 Å². The number of phosphoric acid groups is 1. The Labute approximate surface area is 463 Å². The number of aliphatic hydroxyl groups excluding tert-OH is 1. The van der Waals surface area contributed by atoms with Gasteiger partial charge in [0.25, 0.3) is 0 Å². The molecule has 0 fully saturated rings. The van der Waals surface area contributed by atoms with Gasteiger partial charge in [-0.2, -0.15) is 0 Å². The smallest absolute Gasteiger partial charge is 0.461 e. The van der Waals surface area contributed by atoms with Crippen LogP contribution in [0.25, 0.3) is 0 Å². The molecule has 0 aliphatic rings. The third kappa shape index (κ3) is 54.9. The van der Waals surface area contributed by atoms with E-state index in [1.807, 2.05) is 12.2 Å². The first kappa shape index (κ1) is 72.1. The van der Waals surface area contributed by atoms with Gasteiger partial charge in [0, 0.05) is 12.8 Å². The molecule has 0 heterocycles. The lowest BCUT2D eigenvalue weighted by atomic mass is 10.0. The van der Waals surface area contributed by atoms with Crippen molar-refractivity contribution in [1.29, 1.82) is 0 Å². The first-order valence-electron chi connectivity index (χ1n) is 29.8. The highest BCUT2D eigenvalue weighted by molar-refractivity contribution is 7.47. The molecule has 0 radical (unpaired) electrons. The van der Waals surface area contributed by atoms with Gasteiger partial charge in [-0.3, -0.25) is 23.4 Å². The molecule has 2 N–H and O–H groups in total. The Balaban J connectivity index is 4.83. The standard InChI is InChI=1S/C64H107O11P/c1-4-7-10-13-16-19-22-25-28-29-30-31-34-37-40-43-46-49-52-55-64(68)75-61(57-71-62(66)53-50-47-44-41-38-35-32-26-23-20-17-14-11-8-5-2)59-73-76(69,70)72-58-60(56-65)74-63(67)54-51-48-45-42-39-36-33-27-24-21-18-15-12-9-6-3/h8-9,11-12,17-18,20-21,26-27,32-33,38-39,41-42,47,50,60-61,65H,4-7,10,13-16,19,22-25,28-31,34-37,40,43-46,48-49,51-59H2,1-3H3,(H,69,70)/b11-8-,12-9-,20-17-,21-18-,32-26-,33-27-,41-38-,42-39-,50-47-. The molecule has 0 aliphatic carbocycles. The summed E-state index contributed by atoms with van der Waals surface area (Å²) in [7, 11) is -4.78. The number of phosphoric ester groups is 1. The number of esters is 3. The molecule has 0 rings (SSSR count). The van der Waals surface area contributed by atoms with E-state index in [0.29, 0.717) is 19.3 Å². The summed E-state index contributed by atoms with van der Waals surface area (Å²) in [4.78, 5) is 48.5.